The molecule has 0 aromatic heterocycles. The number of nitrogens with zero attached hydrogens (tertiary/aromatic N) is 1. The molecule has 5 nitrogen and oxygen atoms in total. The van der Waals surface area contributed by atoms with E-state index in [4.69, 9.17) is 21.1 Å². The minimum Gasteiger partial charge on any atom is -0.493 e. The molecule has 1 aliphatic heterocycles. The molecule has 0 spiro atoms. The number of halogens is 2. The van der Waals surface area contributed by atoms with Crippen LogP contribution in [0.5, 0.6) is 5.75 Å². The molecule has 1 heterocycles. The second-order valence-electron chi connectivity index (χ2n) is 4.91. The van der Waals surface area contributed by atoms with Crippen molar-refractivity contribution >= 4 is 33.2 Å². The van der Waals surface area contributed by atoms with Crippen molar-refractivity contribution in [1.82, 2.24) is 0 Å². The van der Waals surface area contributed by atoms with Gasteiger partial charge in [-0.2, -0.15) is 0 Å². The van der Waals surface area contributed by atoms with Crippen LogP contribution in [0.15, 0.2) is 18.2 Å². The Hall–Kier alpha value is -0.850. The lowest BCUT2D eigenvalue weighted by Gasteiger charge is -2.35. The highest BCUT2D eigenvalue weighted by atomic mass is 79.9. The van der Waals surface area contributed by atoms with Crippen LogP contribution < -0.4 is 4.74 Å². The zero-order valence-corrected chi connectivity index (χ0v) is 13.2. The van der Waals surface area contributed by atoms with E-state index in [0.29, 0.717) is 12.4 Å². The van der Waals surface area contributed by atoms with Crippen molar-refractivity contribution in [3.05, 3.63) is 33.3 Å². The quantitative estimate of drug-likeness (QED) is 0.453. The lowest BCUT2D eigenvalue weighted by atomic mass is 9.83. The average Bonchev–Trinajstić information content (AvgIpc) is 2.46. The van der Waals surface area contributed by atoms with Crippen molar-refractivity contribution in [2.75, 3.05) is 25.2 Å². The molecule has 7 heteroatoms. The first-order chi connectivity index (χ1) is 9.56. The Bertz CT molecular complexity index is 491. The smallest absolute Gasteiger partial charge is 0.288 e. The summed E-state index contributed by atoms with van der Waals surface area (Å²) < 4.78 is 11.1. The third-order valence-corrected chi connectivity index (χ3v) is 4.99. The van der Waals surface area contributed by atoms with Gasteiger partial charge in [-0.05, 0) is 18.9 Å². The molecule has 1 aliphatic rings. The maximum Gasteiger partial charge on any atom is 0.288 e. The summed E-state index contributed by atoms with van der Waals surface area (Å²) in [7, 11) is 0. The van der Waals surface area contributed by atoms with Gasteiger partial charge in [0.15, 0.2) is 0 Å². The fourth-order valence-electron chi connectivity index (χ4n) is 2.08. The average molecular weight is 365 g/mol. The minimum absolute atomic E-state index is 0.0481. The van der Waals surface area contributed by atoms with Crippen LogP contribution in [0, 0.1) is 15.5 Å². The van der Waals surface area contributed by atoms with Crippen molar-refractivity contribution in [2.45, 2.75) is 12.8 Å². The molecule has 0 bridgehead atoms. The van der Waals surface area contributed by atoms with E-state index in [2.05, 4.69) is 15.9 Å². The van der Waals surface area contributed by atoms with E-state index >= 15 is 0 Å². The number of ether oxygens (including phenoxy) is 2. The molecular formula is C13H15BrClNO4. The van der Waals surface area contributed by atoms with Crippen molar-refractivity contribution in [3.63, 3.8) is 0 Å². The topological polar surface area (TPSA) is 61.6 Å². The van der Waals surface area contributed by atoms with Crippen LogP contribution in [-0.2, 0) is 4.74 Å². The van der Waals surface area contributed by atoms with Gasteiger partial charge in [0.05, 0.1) is 11.5 Å². The normalized spacial score (nSPS) is 17.7. The number of rotatable bonds is 5. The SMILES string of the molecule is O=[N+]([O-])c1ccc(OCC2(CBr)CCOCC2)cc1Cl. The van der Waals surface area contributed by atoms with E-state index in [0.717, 1.165) is 31.4 Å². The van der Waals surface area contributed by atoms with E-state index in [1.165, 1.54) is 12.1 Å². The first-order valence-corrected chi connectivity index (χ1v) is 7.77. The van der Waals surface area contributed by atoms with Gasteiger partial charge in [-0.3, -0.25) is 10.1 Å². The maximum atomic E-state index is 10.7. The predicted molar refractivity (Wildman–Crippen MR) is 79.9 cm³/mol. The number of hydrogen-bond acceptors (Lipinski definition) is 4. The summed E-state index contributed by atoms with van der Waals surface area (Å²) in [6, 6.07) is 4.43. The Morgan fingerprint density at radius 1 is 1.45 bits per heavy atom. The summed E-state index contributed by atoms with van der Waals surface area (Å²) >= 11 is 9.40. The monoisotopic (exact) mass is 363 g/mol. The molecule has 0 radical (unpaired) electrons. The summed E-state index contributed by atoms with van der Waals surface area (Å²) in [5, 5.41) is 11.6. The van der Waals surface area contributed by atoms with Crippen LogP contribution in [0.2, 0.25) is 5.02 Å². The second kappa shape index (κ2) is 6.74. The molecule has 1 saturated heterocycles. The van der Waals surface area contributed by atoms with E-state index in [9.17, 15) is 10.1 Å². The van der Waals surface area contributed by atoms with Gasteiger partial charge < -0.3 is 9.47 Å². The summed E-state index contributed by atoms with van der Waals surface area (Å²) in [5.74, 6) is 0.549. The third kappa shape index (κ3) is 3.62. The maximum absolute atomic E-state index is 10.7. The number of nitro benzene ring substituents is 1. The van der Waals surface area contributed by atoms with E-state index in [1.54, 1.807) is 6.07 Å². The zero-order chi connectivity index (χ0) is 14.6. The van der Waals surface area contributed by atoms with Crippen LogP contribution in [0.4, 0.5) is 5.69 Å². The van der Waals surface area contributed by atoms with Gasteiger partial charge in [-0.1, -0.05) is 27.5 Å². The van der Waals surface area contributed by atoms with Gasteiger partial charge in [0.2, 0.25) is 0 Å². The molecular weight excluding hydrogens is 350 g/mol. The first-order valence-electron chi connectivity index (χ1n) is 6.27. The van der Waals surface area contributed by atoms with Crippen molar-refractivity contribution in [3.8, 4) is 5.75 Å². The highest BCUT2D eigenvalue weighted by Gasteiger charge is 2.32. The lowest BCUT2D eigenvalue weighted by molar-refractivity contribution is -0.384. The highest BCUT2D eigenvalue weighted by Crippen LogP contribution is 2.34. The molecule has 1 aromatic rings. The van der Waals surface area contributed by atoms with Crippen LogP contribution in [-0.4, -0.2) is 30.1 Å². The van der Waals surface area contributed by atoms with E-state index in [-0.39, 0.29) is 16.1 Å². The van der Waals surface area contributed by atoms with Crippen LogP contribution in [0.3, 0.4) is 0 Å². The number of nitro groups is 1. The van der Waals surface area contributed by atoms with Gasteiger partial charge in [-0.15, -0.1) is 0 Å². The fraction of sp³-hybridized carbons (Fsp3) is 0.538. The number of hydrogen-bond donors (Lipinski definition) is 0. The Kier molecular flexibility index (Phi) is 5.23. The first kappa shape index (κ1) is 15.5. The molecule has 0 N–H and O–H groups in total. The molecule has 0 aliphatic carbocycles. The van der Waals surface area contributed by atoms with Gasteiger partial charge in [0.25, 0.3) is 5.69 Å². The van der Waals surface area contributed by atoms with Gasteiger partial charge in [-0.25, -0.2) is 0 Å². The van der Waals surface area contributed by atoms with Gasteiger partial charge in [0, 0.05) is 36.1 Å². The second-order valence-corrected chi connectivity index (χ2v) is 5.87. The van der Waals surface area contributed by atoms with Crippen LogP contribution >= 0.6 is 27.5 Å². The summed E-state index contributed by atoms with van der Waals surface area (Å²) in [5.41, 5.74) is -0.0627. The molecule has 0 unspecified atom stereocenters. The van der Waals surface area contributed by atoms with Crippen molar-refractivity contribution in [2.24, 2.45) is 5.41 Å². The summed E-state index contributed by atoms with van der Waals surface area (Å²) in [4.78, 5) is 10.2. The number of benzene rings is 1. The molecule has 0 atom stereocenters. The zero-order valence-electron chi connectivity index (χ0n) is 10.8. The van der Waals surface area contributed by atoms with Gasteiger partial charge in [0.1, 0.15) is 10.8 Å². The number of alkyl halides is 1. The minimum atomic E-state index is -0.509. The highest BCUT2D eigenvalue weighted by molar-refractivity contribution is 9.09. The van der Waals surface area contributed by atoms with Crippen LogP contribution in [0.1, 0.15) is 12.8 Å². The molecule has 2 rings (SSSR count). The standard InChI is InChI=1S/C13H15BrClNO4/c14-8-13(3-5-19-6-4-13)9-20-10-1-2-12(16(17)18)11(15)7-10/h1-2,7H,3-6,8-9H2. The molecule has 110 valence electrons. The Morgan fingerprint density at radius 3 is 2.70 bits per heavy atom. The summed E-state index contributed by atoms with van der Waals surface area (Å²) in [6.07, 6.45) is 1.86. The van der Waals surface area contributed by atoms with Gasteiger partial charge >= 0.3 is 0 Å². The van der Waals surface area contributed by atoms with E-state index < -0.39 is 4.92 Å². The molecule has 20 heavy (non-hydrogen) atoms. The van der Waals surface area contributed by atoms with E-state index in [1.807, 2.05) is 0 Å². The molecule has 1 fully saturated rings. The largest absolute Gasteiger partial charge is 0.493 e. The Balaban J connectivity index is 2.03. The van der Waals surface area contributed by atoms with Crippen molar-refractivity contribution < 1.29 is 14.4 Å². The van der Waals surface area contributed by atoms with Crippen molar-refractivity contribution in [1.29, 1.82) is 0 Å². The molecule has 1 aromatic carbocycles. The molecule has 0 amide bonds. The Labute approximate surface area is 130 Å². The third-order valence-electron chi connectivity index (χ3n) is 3.50. The molecule has 0 saturated carbocycles. The Morgan fingerprint density at radius 2 is 2.15 bits per heavy atom. The summed E-state index contributed by atoms with van der Waals surface area (Å²) in [6.45, 7) is 2.00. The predicted octanol–water partition coefficient (Wildman–Crippen LogP) is 3.82. The lowest BCUT2D eigenvalue weighted by Crippen LogP contribution is -2.36. The van der Waals surface area contributed by atoms with Crippen LogP contribution in [0.25, 0.3) is 0 Å². The fourth-order valence-corrected chi connectivity index (χ4v) is 3.05.